The van der Waals surface area contributed by atoms with Crippen molar-refractivity contribution in [2.24, 2.45) is 5.73 Å². The molecule has 0 fully saturated rings. The molecule has 34 heavy (non-hydrogen) atoms. The van der Waals surface area contributed by atoms with Crippen LogP contribution in [0.15, 0.2) is 78.9 Å². The number of anilines is 1. The number of amides is 2. The van der Waals surface area contributed by atoms with Crippen molar-refractivity contribution in [3.8, 4) is 0 Å². The van der Waals surface area contributed by atoms with E-state index in [2.05, 4.69) is 10.6 Å². The third kappa shape index (κ3) is 6.00. The molecular weight excluding hydrogens is 445 g/mol. The fourth-order valence-corrected chi connectivity index (χ4v) is 3.36. The molecule has 0 saturated carbocycles. The average molecular weight is 468 g/mol. The van der Waals surface area contributed by atoms with Crippen LogP contribution in [0, 0.1) is 5.41 Å². The molecule has 0 radical (unpaired) electrons. The van der Waals surface area contributed by atoms with E-state index in [0.29, 0.717) is 22.4 Å². The van der Waals surface area contributed by atoms with Crippen molar-refractivity contribution >= 4 is 23.3 Å². The third-order valence-electron chi connectivity index (χ3n) is 5.22. The van der Waals surface area contributed by atoms with Crippen LogP contribution in [0.25, 0.3) is 0 Å². The highest BCUT2D eigenvalue weighted by molar-refractivity contribution is 6.11. The minimum atomic E-state index is -4.45. The Balaban J connectivity index is 1.79. The number of alkyl halides is 3. The number of amidine groups is 1. The lowest BCUT2D eigenvalue weighted by atomic mass is 9.96. The summed E-state index contributed by atoms with van der Waals surface area (Å²) >= 11 is 0. The summed E-state index contributed by atoms with van der Waals surface area (Å²) in [4.78, 5) is 26.2. The van der Waals surface area contributed by atoms with Crippen LogP contribution < -0.4 is 16.4 Å². The molecular formula is C25H23F3N4O2. The van der Waals surface area contributed by atoms with Gasteiger partial charge in [0.05, 0.1) is 11.6 Å². The van der Waals surface area contributed by atoms with Crippen LogP contribution in [0.1, 0.15) is 41.1 Å². The summed E-state index contributed by atoms with van der Waals surface area (Å²) in [5.41, 5.74) is 6.48. The predicted molar refractivity (Wildman–Crippen MR) is 123 cm³/mol. The van der Waals surface area contributed by atoms with Crippen molar-refractivity contribution in [1.82, 2.24) is 5.32 Å². The Morgan fingerprint density at radius 2 is 1.44 bits per heavy atom. The normalized spacial score (nSPS) is 12.9. The molecule has 3 rings (SSSR count). The number of nitrogens with one attached hydrogen (secondary N) is 3. The van der Waals surface area contributed by atoms with Gasteiger partial charge in [-0.25, -0.2) is 0 Å². The van der Waals surface area contributed by atoms with Crippen molar-refractivity contribution in [2.75, 3.05) is 5.32 Å². The van der Waals surface area contributed by atoms with E-state index in [9.17, 15) is 22.8 Å². The second kappa shape index (κ2) is 10.2. The van der Waals surface area contributed by atoms with Gasteiger partial charge in [0.2, 0.25) is 11.8 Å². The number of rotatable bonds is 7. The quantitative estimate of drug-likeness (QED) is 0.231. The molecule has 0 aliphatic heterocycles. The van der Waals surface area contributed by atoms with E-state index in [1.807, 2.05) is 0 Å². The van der Waals surface area contributed by atoms with E-state index in [1.54, 1.807) is 61.5 Å². The Labute approximate surface area is 194 Å². The number of benzene rings is 3. The van der Waals surface area contributed by atoms with E-state index in [4.69, 9.17) is 11.1 Å². The van der Waals surface area contributed by atoms with E-state index in [0.717, 1.165) is 12.1 Å². The van der Waals surface area contributed by atoms with Gasteiger partial charge in [-0.2, -0.15) is 13.2 Å². The summed E-state index contributed by atoms with van der Waals surface area (Å²) in [6, 6.07) is 18.6. The highest BCUT2D eigenvalue weighted by atomic mass is 19.4. The van der Waals surface area contributed by atoms with Crippen LogP contribution in [0.2, 0.25) is 0 Å². The molecule has 176 valence electrons. The van der Waals surface area contributed by atoms with Gasteiger partial charge in [0, 0.05) is 11.3 Å². The summed E-state index contributed by atoms with van der Waals surface area (Å²) < 4.78 is 38.5. The predicted octanol–water partition coefficient (Wildman–Crippen LogP) is 4.59. The van der Waals surface area contributed by atoms with Crippen LogP contribution in [0.4, 0.5) is 18.9 Å². The molecule has 2 amide bonds. The van der Waals surface area contributed by atoms with E-state index in [1.165, 1.54) is 12.1 Å². The molecule has 0 bridgehead atoms. The van der Waals surface area contributed by atoms with Gasteiger partial charge in [-0.05, 0) is 54.4 Å². The highest BCUT2D eigenvalue weighted by Crippen LogP contribution is 2.30. The summed E-state index contributed by atoms with van der Waals surface area (Å²) in [6.07, 6.45) is -4.45. The molecule has 0 aliphatic rings. The molecule has 2 atom stereocenters. The van der Waals surface area contributed by atoms with Crippen LogP contribution in [-0.4, -0.2) is 17.6 Å². The summed E-state index contributed by atoms with van der Waals surface area (Å²) in [5.74, 6) is -2.50. The zero-order valence-electron chi connectivity index (χ0n) is 18.2. The molecule has 0 heterocycles. The number of hydrogen-bond donors (Lipinski definition) is 4. The molecule has 0 aliphatic carbocycles. The van der Waals surface area contributed by atoms with Crippen LogP contribution >= 0.6 is 0 Å². The zero-order chi connectivity index (χ0) is 24.9. The third-order valence-corrected chi connectivity index (χ3v) is 5.22. The minimum Gasteiger partial charge on any atom is -0.384 e. The summed E-state index contributed by atoms with van der Waals surface area (Å²) in [7, 11) is 0. The number of nitrogen functional groups attached to an aromatic ring is 1. The fraction of sp³-hybridized carbons (Fsp3) is 0.160. The Bertz CT molecular complexity index is 1160. The molecule has 3 aromatic carbocycles. The molecule has 6 nitrogen and oxygen atoms in total. The van der Waals surface area contributed by atoms with Gasteiger partial charge in [0.1, 0.15) is 11.8 Å². The molecule has 0 spiro atoms. The molecule has 5 N–H and O–H groups in total. The fourth-order valence-electron chi connectivity index (χ4n) is 3.36. The topological polar surface area (TPSA) is 108 Å². The van der Waals surface area contributed by atoms with Gasteiger partial charge in [0.25, 0.3) is 0 Å². The smallest absolute Gasteiger partial charge is 0.384 e. The van der Waals surface area contributed by atoms with Crippen molar-refractivity contribution < 1.29 is 22.8 Å². The molecule has 9 heteroatoms. The lowest BCUT2D eigenvalue weighted by Crippen LogP contribution is -2.37. The molecule has 0 saturated heterocycles. The summed E-state index contributed by atoms with van der Waals surface area (Å²) in [5, 5.41) is 12.9. The van der Waals surface area contributed by atoms with Crippen LogP contribution in [-0.2, 0) is 15.8 Å². The maximum absolute atomic E-state index is 13.1. The molecule has 2 unspecified atom stereocenters. The maximum Gasteiger partial charge on any atom is 0.416 e. The zero-order valence-corrected chi connectivity index (χ0v) is 18.2. The second-order valence-corrected chi connectivity index (χ2v) is 7.67. The van der Waals surface area contributed by atoms with E-state index < -0.39 is 35.5 Å². The number of carbonyl (C=O) groups excluding carboxylic acids is 2. The average Bonchev–Trinajstić information content (AvgIpc) is 2.79. The maximum atomic E-state index is 13.1. The van der Waals surface area contributed by atoms with Crippen molar-refractivity contribution in [1.29, 1.82) is 5.41 Å². The van der Waals surface area contributed by atoms with Gasteiger partial charge < -0.3 is 16.4 Å². The number of nitrogens with two attached hydrogens (primary N) is 1. The van der Waals surface area contributed by atoms with Crippen molar-refractivity contribution in [2.45, 2.75) is 25.1 Å². The first-order chi connectivity index (χ1) is 16.1. The first-order valence-electron chi connectivity index (χ1n) is 10.3. The monoisotopic (exact) mass is 468 g/mol. The lowest BCUT2D eigenvalue weighted by Gasteiger charge is -2.21. The second-order valence-electron chi connectivity index (χ2n) is 7.67. The molecule has 0 aromatic heterocycles. The van der Waals surface area contributed by atoms with Crippen molar-refractivity contribution in [3.63, 3.8) is 0 Å². The lowest BCUT2D eigenvalue weighted by molar-refractivity contribution is -0.137. The Hall–Kier alpha value is -4.14. The van der Waals surface area contributed by atoms with E-state index >= 15 is 0 Å². The van der Waals surface area contributed by atoms with Crippen LogP contribution in [0.5, 0.6) is 0 Å². The van der Waals surface area contributed by atoms with Gasteiger partial charge in [-0.3, -0.25) is 15.0 Å². The minimum absolute atomic E-state index is 0.114. The highest BCUT2D eigenvalue weighted by Gasteiger charge is 2.31. The first-order valence-corrected chi connectivity index (χ1v) is 10.3. The Morgan fingerprint density at radius 1 is 0.853 bits per heavy atom. The Morgan fingerprint density at radius 3 is 1.97 bits per heavy atom. The standard InChI is InChI=1S/C25H23F3N4O2/c1-15(16-7-11-19(12-8-16)25(26,27)28)31-23(33)21(17-5-3-2-4-6-17)24(34)32-20-13-9-18(10-14-20)22(29)30/h2-15,21H,1H3,(H3,29,30)(H,31,33)(H,32,34). The summed E-state index contributed by atoms with van der Waals surface area (Å²) in [6.45, 7) is 1.63. The van der Waals surface area contributed by atoms with Gasteiger partial charge in [-0.1, -0.05) is 42.5 Å². The SMILES string of the molecule is CC(NC(=O)C(C(=O)Nc1ccc(C(=N)N)cc1)c1ccccc1)c1ccc(C(F)(F)F)cc1. The van der Waals surface area contributed by atoms with Gasteiger partial charge in [-0.15, -0.1) is 0 Å². The van der Waals surface area contributed by atoms with Gasteiger partial charge >= 0.3 is 6.18 Å². The van der Waals surface area contributed by atoms with Gasteiger partial charge in [0.15, 0.2) is 0 Å². The van der Waals surface area contributed by atoms with Crippen LogP contribution in [0.3, 0.4) is 0 Å². The number of hydrogen-bond acceptors (Lipinski definition) is 3. The van der Waals surface area contributed by atoms with Crippen molar-refractivity contribution in [3.05, 3.63) is 101 Å². The largest absolute Gasteiger partial charge is 0.416 e. The molecule has 3 aromatic rings. The van der Waals surface area contributed by atoms with E-state index in [-0.39, 0.29) is 5.84 Å². The Kier molecular flexibility index (Phi) is 7.35. The first kappa shape index (κ1) is 24.5. The number of carbonyl (C=O) groups is 2. The number of halogens is 3.